The van der Waals surface area contributed by atoms with Gasteiger partial charge in [0, 0.05) is 0 Å². The Morgan fingerprint density at radius 1 is 1.00 bits per heavy atom. The van der Waals surface area contributed by atoms with Gasteiger partial charge in [-0.05, 0) is 0 Å². The summed E-state index contributed by atoms with van der Waals surface area (Å²) in [7, 11) is 0. The topological polar surface area (TPSA) is 43.1 Å². The van der Waals surface area contributed by atoms with Crippen molar-refractivity contribution in [3.05, 3.63) is 99.1 Å². The summed E-state index contributed by atoms with van der Waals surface area (Å²) < 4.78 is 2.39. The normalized spacial score (nSPS) is 14.7. The van der Waals surface area contributed by atoms with Crippen LogP contribution in [0.15, 0.2) is 83.4 Å². The molecular weight excluding hydrogens is 389 g/mol. The molecule has 0 aliphatic heterocycles. The zero-order valence-electron chi connectivity index (χ0n) is 12.6. The molecule has 0 spiro atoms. The minimum atomic E-state index is -0.404. The van der Waals surface area contributed by atoms with Gasteiger partial charge in [0.05, 0.1) is 0 Å². The molecule has 24 heavy (non-hydrogen) atoms. The van der Waals surface area contributed by atoms with E-state index in [1.807, 2.05) is 30.4 Å². The van der Waals surface area contributed by atoms with Gasteiger partial charge < -0.3 is 0 Å². The van der Waals surface area contributed by atoms with Gasteiger partial charge >= 0.3 is 152 Å². The fourth-order valence-electron chi connectivity index (χ4n) is 2.35. The number of hydrogen-bond donors (Lipinski definition) is 0. The standard InChI is InChI=1S/C19H14ClNO2Se/c20-18(14-10-12-16(13-11-14)21(22)23)19(15-6-4-5-7-15)24-17-8-2-1-3-9-17/h1-13,15H/b19-18-. The second kappa shape index (κ2) is 7.63. The maximum atomic E-state index is 10.8. The molecule has 3 rings (SSSR count). The van der Waals surface area contributed by atoms with Crippen LogP contribution in [0.25, 0.3) is 5.03 Å². The fourth-order valence-corrected chi connectivity index (χ4v) is 5.00. The monoisotopic (exact) mass is 403 g/mol. The number of allylic oxidation sites excluding steroid dienone is 5. The van der Waals surface area contributed by atoms with Crippen LogP contribution >= 0.6 is 11.6 Å². The summed E-state index contributed by atoms with van der Waals surface area (Å²) in [5.74, 6) is 0.174. The molecule has 0 heterocycles. The first kappa shape index (κ1) is 16.7. The molecule has 0 amide bonds. The summed E-state index contributed by atoms with van der Waals surface area (Å²) in [6.07, 6.45) is 8.28. The van der Waals surface area contributed by atoms with E-state index in [1.165, 1.54) is 16.6 Å². The molecule has 120 valence electrons. The van der Waals surface area contributed by atoms with E-state index in [0.29, 0.717) is 5.03 Å². The van der Waals surface area contributed by atoms with Gasteiger partial charge in [0.1, 0.15) is 0 Å². The summed E-state index contributed by atoms with van der Waals surface area (Å²) in [5, 5.41) is 11.5. The summed E-state index contributed by atoms with van der Waals surface area (Å²) >= 11 is 6.76. The molecule has 0 fully saturated rings. The SMILES string of the molecule is O=[N+]([O-])c1ccc(/C(Cl)=C(/[Se]c2ccccc2)C2C=CC=C2)cc1. The van der Waals surface area contributed by atoms with Crippen LogP contribution < -0.4 is 4.46 Å². The van der Waals surface area contributed by atoms with Crippen LogP contribution in [0.1, 0.15) is 5.56 Å². The zero-order valence-corrected chi connectivity index (χ0v) is 15.1. The number of nitrogens with zero attached hydrogens (tertiary/aromatic N) is 1. The number of nitro benzene ring substituents is 1. The van der Waals surface area contributed by atoms with Gasteiger partial charge in [-0.3, -0.25) is 0 Å². The van der Waals surface area contributed by atoms with E-state index in [9.17, 15) is 10.1 Å². The Hall–Kier alpha value is -2.13. The first-order chi connectivity index (χ1) is 11.6. The first-order valence-electron chi connectivity index (χ1n) is 7.37. The molecule has 0 atom stereocenters. The molecule has 0 N–H and O–H groups in total. The molecule has 0 unspecified atom stereocenters. The summed E-state index contributed by atoms with van der Waals surface area (Å²) in [6.45, 7) is 0. The van der Waals surface area contributed by atoms with E-state index in [2.05, 4.69) is 24.3 Å². The van der Waals surface area contributed by atoms with Crippen LogP contribution in [0.3, 0.4) is 0 Å². The number of hydrogen-bond acceptors (Lipinski definition) is 2. The molecule has 0 saturated heterocycles. The van der Waals surface area contributed by atoms with Crippen molar-refractivity contribution in [3.8, 4) is 0 Å². The van der Waals surface area contributed by atoms with Crippen molar-refractivity contribution in [2.45, 2.75) is 0 Å². The van der Waals surface area contributed by atoms with Crippen LogP contribution in [0, 0.1) is 16.0 Å². The second-order valence-electron chi connectivity index (χ2n) is 5.19. The van der Waals surface area contributed by atoms with Crippen molar-refractivity contribution >= 4 is 41.7 Å². The Kier molecular flexibility index (Phi) is 5.31. The Morgan fingerprint density at radius 2 is 1.62 bits per heavy atom. The third-order valence-corrected chi connectivity index (χ3v) is 6.77. The molecule has 3 nitrogen and oxygen atoms in total. The molecule has 5 heteroatoms. The van der Waals surface area contributed by atoms with Crippen molar-refractivity contribution in [2.75, 3.05) is 0 Å². The zero-order chi connectivity index (χ0) is 16.9. The van der Waals surface area contributed by atoms with Crippen LogP contribution in [0.4, 0.5) is 5.69 Å². The van der Waals surface area contributed by atoms with E-state index in [4.69, 9.17) is 11.6 Å². The molecular formula is C19H14ClNO2Se. The van der Waals surface area contributed by atoms with Crippen molar-refractivity contribution in [1.82, 2.24) is 0 Å². The van der Waals surface area contributed by atoms with Gasteiger partial charge in [-0.2, -0.15) is 0 Å². The third kappa shape index (κ3) is 3.85. The van der Waals surface area contributed by atoms with Crippen molar-refractivity contribution in [1.29, 1.82) is 0 Å². The van der Waals surface area contributed by atoms with Gasteiger partial charge in [0.2, 0.25) is 0 Å². The van der Waals surface area contributed by atoms with Gasteiger partial charge in [-0.1, -0.05) is 0 Å². The van der Waals surface area contributed by atoms with E-state index in [-0.39, 0.29) is 26.6 Å². The predicted molar refractivity (Wildman–Crippen MR) is 99.5 cm³/mol. The molecule has 0 saturated carbocycles. The summed E-state index contributed by atoms with van der Waals surface area (Å²) in [4.78, 5) is 10.4. The number of nitro groups is 1. The van der Waals surface area contributed by atoms with E-state index in [1.54, 1.807) is 12.1 Å². The fraction of sp³-hybridized carbons (Fsp3) is 0.0526. The molecule has 0 bridgehead atoms. The molecule has 1 aliphatic rings. The van der Waals surface area contributed by atoms with Crippen molar-refractivity contribution in [2.24, 2.45) is 5.92 Å². The summed E-state index contributed by atoms with van der Waals surface area (Å²) in [5.41, 5.74) is 0.878. The Bertz CT molecular complexity index is 814. The second-order valence-corrected chi connectivity index (χ2v) is 7.91. The first-order valence-corrected chi connectivity index (χ1v) is 9.46. The summed E-state index contributed by atoms with van der Waals surface area (Å²) in [6, 6.07) is 16.6. The van der Waals surface area contributed by atoms with Crippen LogP contribution in [-0.2, 0) is 0 Å². The number of non-ortho nitro benzene ring substituents is 1. The Balaban J connectivity index is 1.98. The van der Waals surface area contributed by atoms with E-state index in [0.717, 1.165) is 10.0 Å². The van der Waals surface area contributed by atoms with Crippen LogP contribution in [0.5, 0.6) is 0 Å². The Labute approximate surface area is 151 Å². The molecule has 0 aromatic heterocycles. The van der Waals surface area contributed by atoms with Gasteiger partial charge in [0.15, 0.2) is 0 Å². The average Bonchev–Trinajstić information content (AvgIpc) is 3.14. The average molecular weight is 403 g/mol. The Morgan fingerprint density at radius 3 is 2.21 bits per heavy atom. The molecule has 0 radical (unpaired) electrons. The maximum absolute atomic E-state index is 10.8. The molecule has 1 aliphatic carbocycles. The number of benzene rings is 2. The van der Waals surface area contributed by atoms with E-state index < -0.39 is 4.92 Å². The molecule has 2 aromatic carbocycles. The van der Waals surface area contributed by atoms with Crippen molar-refractivity contribution < 1.29 is 4.92 Å². The predicted octanol–water partition coefficient (Wildman–Crippen LogP) is 4.27. The quantitative estimate of drug-likeness (QED) is 0.426. The number of rotatable bonds is 5. The van der Waals surface area contributed by atoms with Gasteiger partial charge in [-0.25, -0.2) is 0 Å². The van der Waals surface area contributed by atoms with Crippen LogP contribution in [-0.4, -0.2) is 19.9 Å². The number of halogens is 1. The van der Waals surface area contributed by atoms with Gasteiger partial charge in [-0.15, -0.1) is 0 Å². The van der Waals surface area contributed by atoms with Crippen molar-refractivity contribution in [3.63, 3.8) is 0 Å². The minimum absolute atomic E-state index is 0.0685. The van der Waals surface area contributed by atoms with Crippen LogP contribution in [0.2, 0.25) is 0 Å². The third-order valence-electron chi connectivity index (χ3n) is 3.57. The molecule has 2 aromatic rings. The van der Waals surface area contributed by atoms with E-state index >= 15 is 0 Å². The van der Waals surface area contributed by atoms with Gasteiger partial charge in [0.25, 0.3) is 0 Å².